The lowest BCUT2D eigenvalue weighted by molar-refractivity contribution is 0.0957. The zero-order chi connectivity index (χ0) is 11.8. The van der Waals surface area contributed by atoms with Crippen LogP contribution in [0.1, 0.15) is 29.4 Å². The summed E-state index contributed by atoms with van der Waals surface area (Å²) in [6, 6.07) is 0. The number of thioether (sulfide) groups is 1. The van der Waals surface area contributed by atoms with E-state index in [1.54, 1.807) is 18.0 Å². The van der Waals surface area contributed by atoms with E-state index in [9.17, 15) is 4.79 Å². The molecule has 0 aliphatic rings. The highest BCUT2D eigenvalue weighted by Crippen LogP contribution is 2.23. The molecule has 0 spiro atoms. The number of allylic oxidation sites excluding steroid dienone is 1. The first-order valence-electron chi connectivity index (χ1n) is 5.25. The van der Waals surface area contributed by atoms with Gasteiger partial charge in [-0.25, -0.2) is 4.98 Å². The monoisotopic (exact) mass is 256 g/mol. The SMILES string of the molecule is C=CCCCNC(=O)c1cnc(SCC)s1. The van der Waals surface area contributed by atoms with E-state index in [1.807, 2.05) is 6.08 Å². The van der Waals surface area contributed by atoms with Gasteiger partial charge >= 0.3 is 0 Å². The van der Waals surface area contributed by atoms with E-state index in [1.165, 1.54) is 11.3 Å². The fourth-order valence-electron chi connectivity index (χ4n) is 1.09. The summed E-state index contributed by atoms with van der Waals surface area (Å²) in [5.41, 5.74) is 0. The summed E-state index contributed by atoms with van der Waals surface area (Å²) in [5, 5.41) is 2.86. The van der Waals surface area contributed by atoms with Crippen molar-refractivity contribution in [2.45, 2.75) is 24.1 Å². The minimum atomic E-state index is -0.0236. The molecule has 0 saturated heterocycles. The Labute approximate surface area is 104 Å². The van der Waals surface area contributed by atoms with E-state index < -0.39 is 0 Å². The summed E-state index contributed by atoms with van der Waals surface area (Å²) >= 11 is 3.11. The Morgan fingerprint density at radius 2 is 2.56 bits per heavy atom. The Morgan fingerprint density at radius 1 is 1.75 bits per heavy atom. The van der Waals surface area contributed by atoms with E-state index in [0.29, 0.717) is 11.4 Å². The Bertz CT molecular complexity index is 350. The molecule has 0 aliphatic heterocycles. The highest BCUT2D eigenvalue weighted by molar-refractivity contribution is 8.01. The van der Waals surface area contributed by atoms with Gasteiger partial charge in [-0.05, 0) is 18.6 Å². The molecule has 0 atom stereocenters. The van der Waals surface area contributed by atoms with Gasteiger partial charge in [-0.1, -0.05) is 24.8 Å². The molecule has 1 aromatic heterocycles. The minimum absolute atomic E-state index is 0.0236. The quantitative estimate of drug-likeness (QED) is 0.463. The minimum Gasteiger partial charge on any atom is -0.351 e. The summed E-state index contributed by atoms with van der Waals surface area (Å²) in [7, 11) is 0. The van der Waals surface area contributed by atoms with Crippen molar-refractivity contribution in [3.8, 4) is 0 Å². The summed E-state index contributed by atoms with van der Waals surface area (Å²) < 4.78 is 0.957. The molecule has 0 aromatic carbocycles. The third-order valence-electron chi connectivity index (χ3n) is 1.85. The Morgan fingerprint density at radius 3 is 3.25 bits per heavy atom. The van der Waals surface area contributed by atoms with Crippen LogP contribution in [0, 0.1) is 0 Å². The maximum atomic E-state index is 11.6. The maximum Gasteiger partial charge on any atom is 0.263 e. The van der Waals surface area contributed by atoms with Gasteiger partial charge in [0, 0.05) is 6.54 Å². The molecule has 0 aliphatic carbocycles. The second-order valence-corrected chi connectivity index (χ2v) is 5.65. The first kappa shape index (κ1) is 13.3. The number of hydrogen-bond acceptors (Lipinski definition) is 4. The lowest BCUT2D eigenvalue weighted by Crippen LogP contribution is -2.23. The van der Waals surface area contributed by atoms with Crippen LogP contribution in [0.15, 0.2) is 23.2 Å². The maximum absolute atomic E-state index is 11.6. The average Bonchev–Trinajstić information content (AvgIpc) is 2.73. The number of aromatic nitrogens is 1. The largest absolute Gasteiger partial charge is 0.351 e. The average molecular weight is 256 g/mol. The van der Waals surface area contributed by atoms with E-state index >= 15 is 0 Å². The zero-order valence-electron chi connectivity index (χ0n) is 9.36. The molecule has 0 radical (unpaired) electrons. The van der Waals surface area contributed by atoms with E-state index in [0.717, 1.165) is 22.9 Å². The molecule has 0 fully saturated rings. The molecule has 0 bridgehead atoms. The fraction of sp³-hybridized carbons (Fsp3) is 0.455. The van der Waals surface area contributed by atoms with Gasteiger partial charge < -0.3 is 5.32 Å². The molecule has 1 rings (SSSR count). The number of carbonyl (C=O) groups excluding carboxylic acids is 1. The molecule has 1 aromatic rings. The third kappa shape index (κ3) is 4.37. The van der Waals surface area contributed by atoms with Crippen molar-refractivity contribution in [3.63, 3.8) is 0 Å². The number of rotatable bonds is 7. The van der Waals surface area contributed by atoms with Gasteiger partial charge in [0.15, 0.2) is 4.34 Å². The van der Waals surface area contributed by atoms with Crippen molar-refractivity contribution in [1.29, 1.82) is 0 Å². The molecule has 5 heteroatoms. The molecule has 16 heavy (non-hydrogen) atoms. The van der Waals surface area contributed by atoms with Crippen LogP contribution >= 0.6 is 23.1 Å². The van der Waals surface area contributed by atoms with E-state index in [4.69, 9.17) is 0 Å². The number of nitrogens with zero attached hydrogens (tertiary/aromatic N) is 1. The van der Waals surface area contributed by atoms with Crippen molar-refractivity contribution in [3.05, 3.63) is 23.7 Å². The molecule has 0 saturated carbocycles. The molecule has 1 N–H and O–H groups in total. The van der Waals surface area contributed by atoms with Gasteiger partial charge in [-0.2, -0.15) is 0 Å². The van der Waals surface area contributed by atoms with Crippen LogP contribution in [-0.4, -0.2) is 23.2 Å². The van der Waals surface area contributed by atoms with Crippen molar-refractivity contribution in [2.24, 2.45) is 0 Å². The topological polar surface area (TPSA) is 42.0 Å². The zero-order valence-corrected chi connectivity index (χ0v) is 11.0. The van der Waals surface area contributed by atoms with Gasteiger partial charge in [0.25, 0.3) is 5.91 Å². The summed E-state index contributed by atoms with van der Waals surface area (Å²) in [5.74, 6) is 0.956. The molecule has 1 heterocycles. The number of thiazole rings is 1. The van der Waals surface area contributed by atoms with Crippen LogP contribution in [0.4, 0.5) is 0 Å². The predicted molar refractivity (Wildman–Crippen MR) is 70.3 cm³/mol. The molecule has 3 nitrogen and oxygen atoms in total. The molecular weight excluding hydrogens is 240 g/mol. The standard InChI is InChI=1S/C11H16N2OS2/c1-3-5-6-7-12-10(14)9-8-13-11(16-9)15-4-2/h3,8H,1,4-7H2,2H3,(H,12,14). The number of nitrogens with one attached hydrogen (secondary N) is 1. The summed E-state index contributed by atoms with van der Waals surface area (Å²) in [6.07, 6.45) is 5.37. The van der Waals surface area contributed by atoms with Crippen molar-refractivity contribution >= 4 is 29.0 Å². The van der Waals surface area contributed by atoms with Crippen LogP contribution in [-0.2, 0) is 0 Å². The summed E-state index contributed by atoms with van der Waals surface area (Å²) in [4.78, 5) is 16.5. The first-order valence-corrected chi connectivity index (χ1v) is 7.05. The van der Waals surface area contributed by atoms with E-state index in [-0.39, 0.29) is 5.91 Å². The molecule has 1 amide bonds. The van der Waals surface area contributed by atoms with Gasteiger partial charge in [0.2, 0.25) is 0 Å². The van der Waals surface area contributed by atoms with Gasteiger partial charge in [-0.15, -0.1) is 17.9 Å². The van der Waals surface area contributed by atoms with Crippen LogP contribution in [0.3, 0.4) is 0 Å². The number of carbonyl (C=O) groups is 1. The van der Waals surface area contributed by atoms with Crippen LogP contribution in [0.25, 0.3) is 0 Å². The van der Waals surface area contributed by atoms with Crippen molar-refractivity contribution < 1.29 is 4.79 Å². The van der Waals surface area contributed by atoms with Crippen molar-refractivity contribution in [2.75, 3.05) is 12.3 Å². The fourth-order valence-corrected chi connectivity index (χ4v) is 2.89. The number of hydrogen-bond donors (Lipinski definition) is 1. The molecule has 0 unspecified atom stereocenters. The smallest absolute Gasteiger partial charge is 0.263 e. The second-order valence-electron chi connectivity index (χ2n) is 3.11. The highest BCUT2D eigenvalue weighted by Gasteiger charge is 2.09. The lowest BCUT2D eigenvalue weighted by Gasteiger charge is -2.00. The van der Waals surface area contributed by atoms with Crippen LogP contribution in [0.2, 0.25) is 0 Å². The normalized spacial score (nSPS) is 10.1. The lowest BCUT2D eigenvalue weighted by atomic mass is 10.3. The van der Waals surface area contributed by atoms with Crippen molar-refractivity contribution in [1.82, 2.24) is 10.3 Å². The Hall–Kier alpha value is -0.810. The van der Waals surface area contributed by atoms with Gasteiger partial charge in [0.1, 0.15) is 4.88 Å². The number of amides is 1. The van der Waals surface area contributed by atoms with E-state index in [2.05, 4.69) is 23.8 Å². The highest BCUT2D eigenvalue weighted by atomic mass is 32.2. The third-order valence-corrected chi connectivity index (χ3v) is 3.88. The number of unbranched alkanes of at least 4 members (excludes halogenated alkanes) is 1. The Balaban J connectivity index is 2.37. The Kier molecular flexibility index (Phi) is 6.18. The van der Waals surface area contributed by atoms with Crippen LogP contribution < -0.4 is 5.32 Å². The van der Waals surface area contributed by atoms with Crippen LogP contribution in [0.5, 0.6) is 0 Å². The predicted octanol–water partition coefficient (Wildman–Crippen LogP) is 2.95. The molecular formula is C11H16N2OS2. The first-order chi connectivity index (χ1) is 7.77. The summed E-state index contributed by atoms with van der Waals surface area (Å²) in [6.45, 7) is 6.40. The molecule has 88 valence electrons. The second kappa shape index (κ2) is 7.46. The van der Waals surface area contributed by atoms with Gasteiger partial charge in [0.05, 0.1) is 6.20 Å². The van der Waals surface area contributed by atoms with Gasteiger partial charge in [-0.3, -0.25) is 4.79 Å².